The minimum atomic E-state index is -0.393. The molecule has 3 aromatic carbocycles. The van der Waals surface area contributed by atoms with Crippen molar-refractivity contribution in [3.05, 3.63) is 89.8 Å². The number of halogens is 1. The smallest absolute Gasteiger partial charge is 0.167 e. The van der Waals surface area contributed by atoms with Crippen LogP contribution >= 0.6 is 0 Å². The molecule has 0 amide bonds. The van der Waals surface area contributed by atoms with Crippen molar-refractivity contribution < 1.29 is 9.13 Å². The van der Waals surface area contributed by atoms with Gasteiger partial charge in [0.2, 0.25) is 0 Å². The zero-order chi connectivity index (χ0) is 22.1. The lowest BCUT2D eigenvalue weighted by Crippen LogP contribution is -2.07. The zero-order valence-electron chi connectivity index (χ0n) is 18.2. The van der Waals surface area contributed by atoms with Gasteiger partial charge >= 0.3 is 0 Å². The number of ether oxygens (including phenoxy) is 1. The van der Waals surface area contributed by atoms with Crippen LogP contribution in [-0.4, -0.2) is 6.10 Å². The van der Waals surface area contributed by atoms with Gasteiger partial charge in [-0.05, 0) is 67.3 Å². The molecule has 0 bridgehead atoms. The largest absolute Gasteiger partial charge is 0.488 e. The number of rotatable bonds is 7. The van der Waals surface area contributed by atoms with Crippen molar-refractivity contribution in [2.24, 2.45) is 0 Å². The minimum absolute atomic E-state index is 0.0792. The molecular weight excluding hydrogens is 375 g/mol. The van der Waals surface area contributed by atoms with Crippen LogP contribution in [0.2, 0.25) is 0 Å². The highest BCUT2D eigenvalue weighted by Crippen LogP contribution is 2.28. The Hall–Kier alpha value is -3.27. The summed E-state index contributed by atoms with van der Waals surface area (Å²) in [6.45, 7) is 11.5. The fraction of sp³-hybridized carbons (Fsp3) is 0.231. The van der Waals surface area contributed by atoms with Gasteiger partial charge in [-0.2, -0.15) is 0 Å². The number of hydrogen-bond acceptors (Lipinski definition) is 3. The van der Waals surface area contributed by atoms with Crippen molar-refractivity contribution in [3.63, 3.8) is 0 Å². The summed E-state index contributed by atoms with van der Waals surface area (Å²) in [6.07, 6.45) is 2.45. The second-order valence-electron chi connectivity index (χ2n) is 6.98. The molecule has 0 fully saturated rings. The van der Waals surface area contributed by atoms with E-state index in [0.29, 0.717) is 17.8 Å². The van der Waals surface area contributed by atoms with Crippen LogP contribution in [0.25, 0.3) is 6.08 Å². The topological polar surface area (TPSA) is 47.3 Å². The molecule has 0 aliphatic heterocycles. The lowest BCUT2D eigenvalue weighted by molar-refractivity contribution is 0.231. The molecule has 3 rings (SSSR count). The van der Waals surface area contributed by atoms with Gasteiger partial charge in [-0.15, -0.1) is 0 Å². The van der Waals surface area contributed by atoms with Gasteiger partial charge in [0.1, 0.15) is 0 Å². The lowest BCUT2D eigenvalue weighted by atomic mass is 10.0. The molecule has 0 radical (unpaired) electrons. The van der Waals surface area contributed by atoms with Crippen LogP contribution in [0, 0.1) is 5.82 Å². The first-order chi connectivity index (χ1) is 14.4. The fourth-order valence-electron chi connectivity index (χ4n) is 2.96. The number of anilines is 3. The van der Waals surface area contributed by atoms with Crippen LogP contribution in [0.3, 0.4) is 0 Å². The van der Waals surface area contributed by atoms with E-state index in [1.807, 2.05) is 64.1 Å². The van der Waals surface area contributed by atoms with Crippen molar-refractivity contribution in [1.29, 1.82) is 0 Å². The summed E-state index contributed by atoms with van der Waals surface area (Å²) in [4.78, 5) is 0. The molecule has 3 nitrogen and oxygen atoms in total. The second kappa shape index (κ2) is 11.1. The predicted octanol–water partition coefficient (Wildman–Crippen LogP) is 7.20. The first-order valence-corrected chi connectivity index (χ1v) is 10.3. The van der Waals surface area contributed by atoms with Gasteiger partial charge in [0.05, 0.1) is 6.10 Å². The number of nitrogens with one attached hydrogen (secondary N) is 1. The van der Waals surface area contributed by atoms with Gasteiger partial charge in [-0.1, -0.05) is 50.8 Å². The molecule has 158 valence electrons. The number of hydrogen-bond donors (Lipinski definition) is 2. The van der Waals surface area contributed by atoms with E-state index in [0.717, 1.165) is 22.4 Å². The standard InChI is InChI=1S/C24H25FN2O.C2H6/c1-4-17-5-7-18(8-6-17)13-19-14-20(26)9-11-23(19)27-21-10-12-24(22(25)15-21)28-16(2)3;1-2/h4-12,14-16,27H,1,13,26H2,2-3H3;1-2H3. The molecule has 0 aliphatic carbocycles. The Labute approximate surface area is 179 Å². The lowest BCUT2D eigenvalue weighted by Gasteiger charge is -2.15. The Morgan fingerprint density at radius 3 is 2.33 bits per heavy atom. The molecule has 0 atom stereocenters. The zero-order valence-corrected chi connectivity index (χ0v) is 18.2. The van der Waals surface area contributed by atoms with Gasteiger partial charge in [0, 0.05) is 23.1 Å². The summed E-state index contributed by atoms with van der Waals surface area (Å²) in [6, 6.07) is 18.8. The molecule has 0 saturated heterocycles. The highest BCUT2D eigenvalue weighted by Gasteiger charge is 2.09. The maximum absolute atomic E-state index is 14.3. The number of nitrogen functional groups attached to an aromatic ring is 1. The average Bonchev–Trinajstić information content (AvgIpc) is 2.74. The Morgan fingerprint density at radius 2 is 1.73 bits per heavy atom. The summed E-state index contributed by atoms with van der Waals surface area (Å²) in [5, 5.41) is 3.30. The Balaban J connectivity index is 0.00000155. The third-order valence-corrected chi connectivity index (χ3v) is 4.31. The van der Waals surface area contributed by atoms with E-state index in [4.69, 9.17) is 10.5 Å². The number of benzene rings is 3. The van der Waals surface area contributed by atoms with Gasteiger partial charge in [0.25, 0.3) is 0 Å². The fourth-order valence-corrected chi connectivity index (χ4v) is 2.96. The molecular formula is C26H31FN2O. The highest BCUT2D eigenvalue weighted by atomic mass is 19.1. The van der Waals surface area contributed by atoms with Crippen molar-refractivity contribution in [3.8, 4) is 5.75 Å². The van der Waals surface area contributed by atoms with Gasteiger partial charge in [-0.25, -0.2) is 4.39 Å². The third kappa shape index (κ3) is 6.38. The Kier molecular flexibility index (Phi) is 8.48. The molecule has 0 spiro atoms. The van der Waals surface area contributed by atoms with E-state index < -0.39 is 5.82 Å². The predicted molar refractivity (Wildman–Crippen MR) is 127 cm³/mol. The SMILES string of the molecule is C=Cc1ccc(Cc2cc(N)ccc2Nc2ccc(OC(C)C)c(F)c2)cc1.CC. The first-order valence-electron chi connectivity index (χ1n) is 10.3. The molecule has 3 N–H and O–H groups in total. The Morgan fingerprint density at radius 1 is 1.03 bits per heavy atom. The normalized spacial score (nSPS) is 10.2. The molecule has 0 aliphatic rings. The monoisotopic (exact) mass is 406 g/mol. The van der Waals surface area contributed by atoms with Gasteiger partial charge < -0.3 is 15.8 Å². The van der Waals surface area contributed by atoms with Crippen molar-refractivity contribution in [1.82, 2.24) is 0 Å². The molecule has 0 unspecified atom stereocenters. The van der Waals surface area contributed by atoms with Crippen LogP contribution < -0.4 is 15.8 Å². The number of nitrogens with two attached hydrogens (primary N) is 1. The molecule has 30 heavy (non-hydrogen) atoms. The molecule has 0 saturated carbocycles. The quantitative estimate of drug-likeness (QED) is 0.408. The first kappa shape index (κ1) is 23.0. The van der Waals surface area contributed by atoms with E-state index in [9.17, 15) is 4.39 Å². The Bertz CT molecular complexity index is 965. The van der Waals surface area contributed by atoms with Crippen LogP contribution in [0.5, 0.6) is 5.75 Å². The maximum atomic E-state index is 14.3. The van der Waals surface area contributed by atoms with Crippen molar-refractivity contribution in [2.45, 2.75) is 40.2 Å². The highest BCUT2D eigenvalue weighted by molar-refractivity contribution is 5.67. The van der Waals surface area contributed by atoms with Gasteiger partial charge in [0.15, 0.2) is 11.6 Å². The van der Waals surface area contributed by atoms with E-state index in [1.165, 1.54) is 6.07 Å². The molecule has 0 aromatic heterocycles. The summed E-state index contributed by atoms with van der Waals surface area (Å²) >= 11 is 0. The van der Waals surface area contributed by atoms with Gasteiger partial charge in [-0.3, -0.25) is 0 Å². The van der Waals surface area contributed by atoms with Crippen LogP contribution in [0.1, 0.15) is 44.4 Å². The molecule has 3 aromatic rings. The van der Waals surface area contributed by atoms with E-state index in [-0.39, 0.29) is 11.9 Å². The van der Waals surface area contributed by atoms with Crippen molar-refractivity contribution in [2.75, 3.05) is 11.1 Å². The van der Waals surface area contributed by atoms with E-state index in [2.05, 4.69) is 24.0 Å². The summed E-state index contributed by atoms with van der Waals surface area (Å²) in [5.41, 5.74) is 11.5. The van der Waals surface area contributed by atoms with Crippen LogP contribution in [-0.2, 0) is 6.42 Å². The van der Waals surface area contributed by atoms with E-state index >= 15 is 0 Å². The van der Waals surface area contributed by atoms with Crippen LogP contribution in [0.15, 0.2) is 67.2 Å². The summed E-state index contributed by atoms with van der Waals surface area (Å²) in [5.74, 6) is -0.143. The summed E-state index contributed by atoms with van der Waals surface area (Å²) in [7, 11) is 0. The van der Waals surface area contributed by atoms with E-state index in [1.54, 1.807) is 12.1 Å². The molecule has 4 heteroatoms. The second-order valence-corrected chi connectivity index (χ2v) is 6.98. The molecule has 0 heterocycles. The summed E-state index contributed by atoms with van der Waals surface area (Å²) < 4.78 is 19.8. The maximum Gasteiger partial charge on any atom is 0.167 e. The van der Waals surface area contributed by atoms with Crippen molar-refractivity contribution >= 4 is 23.1 Å². The average molecular weight is 407 g/mol. The van der Waals surface area contributed by atoms with Crippen LogP contribution in [0.4, 0.5) is 21.5 Å². The third-order valence-electron chi connectivity index (χ3n) is 4.31. The minimum Gasteiger partial charge on any atom is -0.488 e.